The molecule has 5 nitrogen and oxygen atoms in total. The molecule has 0 atom stereocenters. The van der Waals surface area contributed by atoms with Crippen LogP contribution in [0.2, 0.25) is 0 Å². The van der Waals surface area contributed by atoms with Crippen molar-refractivity contribution in [2.45, 2.75) is 44.9 Å². The van der Waals surface area contributed by atoms with Gasteiger partial charge in [0.2, 0.25) is 0 Å². The van der Waals surface area contributed by atoms with Crippen LogP contribution in [0.4, 0.5) is 0 Å². The summed E-state index contributed by atoms with van der Waals surface area (Å²) in [6.07, 6.45) is 5.10. The van der Waals surface area contributed by atoms with E-state index in [0.717, 1.165) is 42.4 Å². The van der Waals surface area contributed by atoms with Crippen molar-refractivity contribution in [3.05, 3.63) is 59.7 Å². The third-order valence-electron chi connectivity index (χ3n) is 4.81. The Morgan fingerprint density at radius 1 is 0.963 bits per heavy atom. The summed E-state index contributed by atoms with van der Waals surface area (Å²) in [5.41, 5.74) is 2.34. The van der Waals surface area contributed by atoms with Gasteiger partial charge in [0.1, 0.15) is 0 Å². The Labute approximate surface area is 161 Å². The lowest BCUT2D eigenvalue weighted by atomic mass is 10.2. The van der Waals surface area contributed by atoms with Crippen LogP contribution in [0.15, 0.2) is 53.5 Å². The van der Waals surface area contributed by atoms with Gasteiger partial charge in [0.25, 0.3) is 0 Å². The van der Waals surface area contributed by atoms with E-state index >= 15 is 0 Å². The van der Waals surface area contributed by atoms with E-state index in [1.807, 2.05) is 30.3 Å². The van der Waals surface area contributed by atoms with Gasteiger partial charge in [0.05, 0.1) is 13.2 Å². The van der Waals surface area contributed by atoms with E-state index in [4.69, 9.17) is 9.47 Å². The molecule has 0 heterocycles. The SMILES string of the molecule is CN=C(NCc1ccccc1)NCc1ccc(OC2CCCC2)c(OC)c1. The number of aliphatic imine (C=N–C) groups is 1. The van der Waals surface area contributed by atoms with Crippen LogP contribution in [0.3, 0.4) is 0 Å². The van der Waals surface area contributed by atoms with Crippen molar-refractivity contribution in [2.75, 3.05) is 14.2 Å². The van der Waals surface area contributed by atoms with Crippen molar-refractivity contribution in [1.29, 1.82) is 0 Å². The summed E-state index contributed by atoms with van der Waals surface area (Å²) >= 11 is 0. The number of nitrogens with zero attached hydrogens (tertiary/aromatic N) is 1. The molecule has 0 amide bonds. The predicted octanol–water partition coefficient (Wildman–Crippen LogP) is 3.88. The third-order valence-corrected chi connectivity index (χ3v) is 4.81. The molecular weight excluding hydrogens is 338 g/mol. The predicted molar refractivity (Wildman–Crippen MR) is 109 cm³/mol. The van der Waals surface area contributed by atoms with Crippen LogP contribution in [0, 0.1) is 0 Å². The molecule has 0 unspecified atom stereocenters. The van der Waals surface area contributed by atoms with Crippen molar-refractivity contribution in [3.8, 4) is 11.5 Å². The highest BCUT2D eigenvalue weighted by atomic mass is 16.5. The maximum Gasteiger partial charge on any atom is 0.191 e. The first-order valence-electron chi connectivity index (χ1n) is 9.60. The number of guanidine groups is 1. The Bertz CT molecular complexity index is 740. The lowest BCUT2D eigenvalue weighted by Crippen LogP contribution is -2.36. The van der Waals surface area contributed by atoms with Gasteiger partial charge in [-0.15, -0.1) is 0 Å². The highest BCUT2D eigenvalue weighted by molar-refractivity contribution is 5.79. The Kier molecular flexibility index (Phi) is 6.97. The van der Waals surface area contributed by atoms with Crippen molar-refractivity contribution in [2.24, 2.45) is 4.99 Å². The van der Waals surface area contributed by atoms with Crippen LogP contribution in [-0.4, -0.2) is 26.2 Å². The van der Waals surface area contributed by atoms with E-state index < -0.39 is 0 Å². The zero-order valence-corrected chi connectivity index (χ0v) is 16.2. The molecule has 2 aromatic carbocycles. The molecule has 1 aliphatic rings. The second-order valence-electron chi connectivity index (χ2n) is 6.77. The van der Waals surface area contributed by atoms with Crippen LogP contribution >= 0.6 is 0 Å². The molecule has 0 spiro atoms. The molecule has 27 heavy (non-hydrogen) atoms. The molecule has 144 valence electrons. The van der Waals surface area contributed by atoms with Crippen molar-refractivity contribution in [3.63, 3.8) is 0 Å². The first-order valence-corrected chi connectivity index (χ1v) is 9.60. The maximum absolute atomic E-state index is 6.11. The van der Waals surface area contributed by atoms with Gasteiger partial charge in [-0.1, -0.05) is 36.4 Å². The van der Waals surface area contributed by atoms with Crippen LogP contribution in [0.25, 0.3) is 0 Å². The average Bonchev–Trinajstić information content (AvgIpc) is 3.23. The summed E-state index contributed by atoms with van der Waals surface area (Å²) < 4.78 is 11.6. The molecule has 0 radical (unpaired) electrons. The fraction of sp³-hybridized carbons (Fsp3) is 0.409. The van der Waals surface area contributed by atoms with Gasteiger partial charge < -0.3 is 20.1 Å². The highest BCUT2D eigenvalue weighted by Crippen LogP contribution is 2.32. The molecule has 2 N–H and O–H groups in total. The van der Waals surface area contributed by atoms with Crippen molar-refractivity contribution < 1.29 is 9.47 Å². The Hall–Kier alpha value is -2.69. The number of hydrogen-bond donors (Lipinski definition) is 2. The molecule has 2 aromatic rings. The largest absolute Gasteiger partial charge is 0.493 e. The molecule has 3 rings (SSSR count). The second-order valence-corrected chi connectivity index (χ2v) is 6.77. The fourth-order valence-electron chi connectivity index (χ4n) is 3.29. The van der Waals surface area contributed by atoms with Crippen molar-refractivity contribution >= 4 is 5.96 Å². The molecule has 0 aromatic heterocycles. The van der Waals surface area contributed by atoms with Crippen LogP contribution in [0.1, 0.15) is 36.8 Å². The van der Waals surface area contributed by atoms with E-state index in [9.17, 15) is 0 Å². The Balaban J connectivity index is 1.54. The number of benzene rings is 2. The zero-order valence-electron chi connectivity index (χ0n) is 16.2. The maximum atomic E-state index is 6.11. The minimum Gasteiger partial charge on any atom is -0.493 e. The van der Waals surface area contributed by atoms with Crippen LogP contribution in [0.5, 0.6) is 11.5 Å². The van der Waals surface area contributed by atoms with E-state index in [2.05, 4.69) is 33.8 Å². The van der Waals surface area contributed by atoms with E-state index in [1.165, 1.54) is 18.4 Å². The summed E-state index contributed by atoms with van der Waals surface area (Å²) in [5, 5.41) is 6.67. The monoisotopic (exact) mass is 367 g/mol. The second kappa shape index (κ2) is 9.86. The minimum absolute atomic E-state index is 0.323. The molecule has 0 saturated heterocycles. The molecule has 0 aliphatic heterocycles. The molecule has 1 fully saturated rings. The summed E-state index contributed by atoms with van der Waals surface area (Å²) in [6.45, 7) is 1.40. The Morgan fingerprint density at radius 3 is 2.33 bits per heavy atom. The van der Waals surface area contributed by atoms with E-state index in [1.54, 1.807) is 14.2 Å². The first kappa shape index (κ1) is 19.1. The van der Waals surface area contributed by atoms with Gasteiger partial charge in [-0.2, -0.15) is 0 Å². The zero-order chi connectivity index (χ0) is 18.9. The summed E-state index contributed by atoms with van der Waals surface area (Å²) in [5.74, 6) is 2.39. The van der Waals surface area contributed by atoms with E-state index in [-0.39, 0.29) is 0 Å². The summed E-state index contributed by atoms with van der Waals surface area (Å²) in [6, 6.07) is 16.4. The third kappa shape index (κ3) is 5.64. The van der Waals surface area contributed by atoms with Gasteiger partial charge in [-0.3, -0.25) is 4.99 Å². The first-order chi connectivity index (χ1) is 13.3. The average molecular weight is 367 g/mol. The normalized spacial score (nSPS) is 14.8. The molecular formula is C22H29N3O2. The van der Waals surface area contributed by atoms with E-state index in [0.29, 0.717) is 12.6 Å². The molecule has 0 bridgehead atoms. The summed E-state index contributed by atoms with van der Waals surface area (Å²) in [7, 11) is 3.47. The minimum atomic E-state index is 0.323. The van der Waals surface area contributed by atoms with Gasteiger partial charge in [0, 0.05) is 20.1 Å². The molecule has 5 heteroatoms. The lowest BCUT2D eigenvalue weighted by Gasteiger charge is -2.17. The number of methoxy groups -OCH3 is 1. The number of nitrogens with one attached hydrogen (secondary N) is 2. The fourth-order valence-corrected chi connectivity index (χ4v) is 3.29. The van der Waals surface area contributed by atoms with Gasteiger partial charge in [-0.25, -0.2) is 0 Å². The van der Waals surface area contributed by atoms with Gasteiger partial charge >= 0.3 is 0 Å². The molecule has 1 aliphatic carbocycles. The smallest absolute Gasteiger partial charge is 0.191 e. The van der Waals surface area contributed by atoms with Crippen LogP contribution < -0.4 is 20.1 Å². The Morgan fingerprint density at radius 2 is 1.67 bits per heavy atom. The highest BCUT2D eigenvalue weighted by Gasteiger charge is 2.18. The topological polar surface area (TPSA) is 54.9 Å². The number of ether oxygens (including phenoxy) is 2. The van der Waals surface area contributed by atoms with Crippen molar-refractivity contribution in [1.82, 2.24) is 10.6 Å². The summed E-state index contributed by atoms with van der Waals surface area (Å²) in [4.78, 5) is 4.29. The standard InChI is InChI=1S/C22H29N3O2/c1-23-22(24-15-17-8-4-3-5-9-17)25-16-18-12-13-20(21(14-18)26-2)27-19-10-6-7-11-19/h3-5,8-9,12-14,19H,6-7,10-11,15-16H2,1-2H3,(H2,23,24,25). The number of hydrogen-bond acceptors (Lipinski definition) is 3. The van der Waals surface area contributed by atoms with Crippen LogP contribution in [-0.2, 0) is 13.1 Å². The van der Waals surface area contributed by atoms with Gasteiger partial charge in [-0.05, 0) is 48.9 Å². The quantitative estimate of drug-likeness (QED) is 0.576. The van der Waals surface area contributed by atoms with Gasteiger partial charge in [0.15, 0.2) is 17.5 Å². The molecule has 1 saturated carbocycles. The number of rotatable bonds is 7. The lowest BCUT2D eigenvalue weighted by molar-refractivity contribution is 0.200.